The molecule has 0 aliphatic rings. The molecule has 3 aromatic rings. The predicted octanol–water partition coefficient (Wildman–Crippen LogP) is 3.54. The third kappa shape index (κ3) is 3.26. The van der Waals surface area contributed by atoms with Crippen LogP contribution in [0.1, 0.15) is 17.0 Å². The maximum atomic E-state index is 5.99. The van der Waals surface area contributed by atoms with Crippen molar-refractivity contribution in [1.29, 1.82) is 0 Å². The van der Waals surface area contributed by atoms with Crippen LogP contribution in [-0.4, -0.2) is 19.7 Å². The maximum Gasteiger partial charge on any atom is 0.159 e. The van der Waals surface area contributed by atoms with E-state index in [0.29, 0.717) is 6.54 Å². The highest BCUT2D eigenvalue weighted by Gasteiger charge is 2.06. The Morgan fingerprint density at radius 1 is 1.14 bits per heavy atom. The zero-order valence-corrected chi connectivity index (χ0v) is 13.2. The van der Waals surface area contributed by atoms with E-state index in [4.69, 9.17) is 11.6 Å². The average molecular weight is 314 g/mol. The molecular weight excluding hydrogens is 298 g/mol. The van der Waals surface area contributed by atoms with E-state index in [1.165, 1.54) is 6.33 Å². The number of nitrogens with zero attached hydrogens (tertiary/aromatic N) is 4. The molecule has 22 heavy (non-hydrogen) atoms. The Balaban J connectivity index is 1.78. The van der Waals surface area contributed by atoms with E-state index in [2.05, 4.69) is 20.4 Å². The lowest BCUT2D eigenvalue weighted by Gasteiger charge is -2.08. The lowest BCUT2D eigenvalue weighted by molar-refractivity contribution is 0.800. The molecule has 5 nitrogen and oxygen atoms in total. The largest absolute Gasteiger partial charge is 0.366 e. The average Bonchev–Trinajstić information content (AvgIpc) is 2.84. The van der Waals surface area contributed by atoms with Crippen molar-refractivity contribution in [2.24, 2.45) is 0 Å². The molecule has 0 spiro atoms. The van der Waals surface area contributed by atoms with Crippen LogP contribution in [-0.2, 0) is 6.54 Å². The summed E-state index contributed by atoms with van der Waals surface area (Å²) >= 11 is 5.99. The third-order valence-electron chi connectivity index (χ3n) is 3.24. The van der Waals surface area contributed by atoms with Gasteiger partial charge < -0.3 is 5.32 Å². The summed E-state index contributed by atoms with van der Waals surface area (Å²) in [5.74, 6) is 1.49. The highest BCUT2D eigenvalue weighted by Crippen LogP contribution is 2.14. The molecule has 0 atom stereocenters. The third-order valence-corrected chi connectivity index (χ3v) is 3.48. The molecule has 0 radical (unpaired) electrons. The molecule has 2 aromatic heterocycles. The van der Waals surface area contributed by atoms with Gasteiger partial charge in [0.2, 0.25) is 0 Å². The number of nitrogens with one attached hydrogen (secondary N) is 1. The lowest BCUT2D eigenvalue weighted by Crippen LogP contribution is -2.06. The van der Waals surface area contributed by atoms with Gasteiger partial charge in [-0.3, -0.25) is 0 Å². The molecule has 0 aliphatic carbocycles. The minimum atomic E-state index is 0.647. The Hall–Kier alpha value is -2.40. The highest BCUT2D eigenvalue weighted by atomic mass is 35.5. The SMILES string of the molecule is Cc1cc(C)n(-c2cc(NCc3cccc(Cl)c3)ncn2)n1. The minimum Gasteiger partial charge on any atom is -0.366 e. The molecule has 0 unspecified atom stereocenters. The molecule has 2 heterocycles. The zero-order valence-electron chi connectivity index (χ0n) is 12.4. The van der Waals surface area contributed by atoms with E-state index in [1.807, 2.05) is 54.9 Å². The molecule has 1 N–H and O–H groups in total. The summed E-state index contributed by atoms with van der Waals surface area (Å²) in [5, 5.41) is 8.43. The van der Waals surface area contributed by atoms with Gasteiger partial charge in [0, 0.05) is 23.3 Å². The van der Waals surface area contributed by atoms with Gasteiger partial charge >= 0.3 is 0 Å². The van der Waals surface area contributed by atoms with Crippen molar-refractivity contribution in [3.05, 3.63) is 64.7 Å². The molecule has 3 rings (SSSR count). The van der Waals surface area contributed by atoms with Gasteiger partial charge in [0.25, 0.3) is 0 Å². The molecule has 6 heteroatoms. The number of hydrogen-bond donors (Lipinski definition) is 1. The van der Waals surface area contributed by atoms with Crippen molar-refractivity contribution in [1.82, 2.24) is 19.7 Å². The first-order valence-corrected chi connectivity index (χ1v) is 7.33. The highest BCUT2D eigenvalue weighted by molar-refractivity contribution is 6.30. The summed E-state index contributed by atoms with van der Waals surface area (Å²) in [6, 6.07) is 11.6. The molecule has 0 saturated heterocycles. The van der Waals surface area contributed by atoms with E-state index in [9.17, 15) is 0 Å². The number of benzene rings is 1. The van der Waals surface area contributed by atoms with Gasteiger partial charge in [-0.05, 0) is 37.6 Å². The van der Waals surface area contributed by atoms with Crippen LogP contribution in [0.25, 0.3) is 5.82 Å². The summed E-state index contributed by atoms with van der Waals surface area (Å²) < 4.78 is 1.81. The van der Waals surface area contributed by atoms with E-state index in [0.717, 1.165) is 33.6 Å². The summed E-state index contributed by atoms with van der Waals surface area (Å²) in [4.78, 5) is 8.52. The number of aromatic nitrogens is 4. The number of hydrogen-bond acceptors (Lipinski definition) is 4. The molecule has 0 aliphatic heterocycles. The van der Waals surface area contributed by atoms with E-state index in [-0.39, 0.29) is 0 Å². The van der Waals surface area contributed by atoms with Crippen LogP contribution in [0.2, 0.25) is 5.02 Å². The minimum absolute atomic E-state index is 0.647. The first-order chi connectivity index (χ1) is 10.6. The van der Waals surface area contributed by atoms with Gasteiger partial charge in [-0.2, -0.15) is 5.10 Å². The topological polar surface area (TPSA) is 55.6 Å². The summed E-state index contributed by atoms with van der Waals surface area (Å²) in [5.41, 5.74) is 3.10. The van der Waals surface area contributed by atoms with E-state index < -0.39 is 0 Å². The summed E-state index contributed by atoms with van der Waals surface area (Å²) in [7, 11) is 0. The van der Waals surface area contributed by atoms with Gasteiger partial charge in [-0.1, -0.05) is 23.7 Å². The van der Waals surface area contributed by atoms with Gasteiger partial charge in [-0.15, -0.1) is 0 Å². The number of aryl methyl sites for hydroxylation is 2. The molecule has 0 saturated carbocycles. The smallest absolute Gasteiger partial charge is 0.159 e. The normalized spacial score (nSPS) is 10.7. The fourth-order valence-electron chi connectivity index (χ4n) is 2.26. The van der Waals surface area contributed by atoms with Crippen molar-refractivity contribution >= 4 is 17.4 Å². The molecule has 0 fully saturated rings. The number of rotatable bonds is 4. The van der Waals surface area contributed by atoms with Crippen molar-refractivity contribution < 1.29 is 0 Å². The first kappa shape index (κ1) is 14.5. The lowest BCUT2D eigenvalue weighted by atomic mass is 10.2. The molecule has 0 bridgehead atoms. The Labute approximate surface area is 134 Å². The van der Waals surface area contributed by atoms with Crippen LogP contribution in [0.15, 0.2) is 42.7 Å². The Morgan fingerprint density at radius 2 is 2.00 bits per heavy atom. The van der Waals surface area contributed by atoms with Crippen LogP contribution in [0.3, 0.4) is 0 Å². The molecule has 0 amide bonds. The Bertz CT molecular complexity index is 797. The number of anilines is 1. The quantitative estimate of drug-likeness (QED) is 0.800. The second kappa shape index (κ2) is 6.15. The zero-order chi connectivity index (χ0) is 15.5. The second-order valence-electron chi connectivity index (χ2n) is 5.08. The van der Waals surface area contributed by atoms with Crippen LogP contribution in [0.5, 0.6) is 0 Å². The maximum absolute atomic E-state index is 5.99. The van der Waals surface area contributed by atoms with Crippen molar-refractivity contribution in [2.75, 3.05) is 5.32 Å². The Morgan fingerprint density at radius 3 is 2.73 bits per heavy atom. The van der Waals surface area contributed by atoms with Gasteiger partial charge in [0.05, 0.1) is 5.69 Å². The fraction of sp³-hybridized carbons (Fsp3) is 0.188. The standard InChI is InChI=1S/C16H16ClN5/c1-11-6-12(2)22(21-11)16-8-15(19-10-20-16)18-9-13-4-3-5-14(17)7-13/h3-8,10H,9H2,1-2H3,(H,18,19,20). The van der Waals surface area contributed by atoms with E-state index >= 15 is 0 Å². The number of halogens is 1. The van der Waals surface area contributed by atoms with Crippen molar-refractivity contribution in [3.63, 3.8) is 0 Å². The van der Waals surface area contributed by atoms with E-state index in [1.54, 1.807) is 0 Å². The van der Waals surface area contributed by atoms with Gasteiger partial charge in [0.1, 0.15) is 12.1 Å². The summed E-state index contributed by atoms with van der Waals surface area (Å²) in [6.45, 7) is 4.61. The van der Waals surface area contributed by atoms with Gasteiger partial charge in [-0.25, -0.2) is 14.6 Å². The van der Waals surface area contributed by atoms with Crippen molar-refractivity contribution in [2.45, 2.75) is 20.4 Å². The Kier molecular flexibility index (Phi) is 4.06. The van der Waals surface area contributed by atoms with Gasteiger partial charge in [0.15, 0.2) is 5.82 Å². The first-order valence-electron chi connectivity index (χ1n) is 6.96. The predicted molar refractivity (Wildman–Crippen MR) is 87.4 cm³/mol. The molecular formula is C16H16ClN5. The van der Waals surface area contributed by atoms with Crippen LogP contribution < -0.4 is 5.32 Å². The van der Waals surface area contributed by atoms with Crippen LogP contribution >= 0.6 is 11.6 Å². The molecule has 1 aromatic carbocycles. The second-order valence-corrected chi connectivity index (χ2v) is 5.52. The monoisotopic (exact) mass is 313 g/mol. The molecule has 112 valence electrons. The van der Waals surface area contributed by atoms with Crippen molar-refractivity contribution in [3.8, 4) is 5.82 Å². The van der Waals surface area contributed by atoms with Crippen LogP contribution in [0.4, 0.5) is 5.82 Å². The fourth-order valence-corrected chi connectivity index (χ4v) is 2.47. The van der Waals surface area contributed by atoms with Crippen LogP contribution in [0, 0.1) is 13.8 Å². The summed E-state index contributed by atoms with van der Waals surface area (Å²) in [6.07, 6.45) is 1.53.